The third-order valence-electron chi connectivity index (χ3n) is 5.94. The number of hydrogen-bond donors (Lipinski definition) is 0. The number of carbonyl (C=O) groups excluding carboxylic acids is 2. The highest BCUT2D eigenvalue weighted by molar-refractivity contribution is 7.99. The molecule has 2 heterocycles. The highest BCUT2D eigenvalue weighted by Gasteiger charge is 2.63. The molecule has 0 amide bonds. The highest BCUT2D eigenvalue weighted by atomic mass is 32.2. The Kier molecular flexibility index (Phi) is 8.08. The molecule has 9 nitrogen and oxygen atoms in total. The van der Waals surface area contributed by atoms with Crippen molar-refractivity contribution in [1.82, 2.24) is 0 Å². The molecule has 2 aliphatic rings. The summed E-state index contributed by atoms with van der Waals surface area (Å²) in [7, 11) is 2.98. The van der Waals surface area contributed by atoms with Crippen LogP contribution in [-0.2, 0) is 42.7 Å². The van der Waals surface area contributed by atoms with E-state index >= 15 is 0 Å². The van der Waals surface area contributed by atoms with E-state index in [0.717, 1.165) is 10.5 Å². The van der Waals surface area contributed by atoms with Crippen LogP contribution in [0.3, 0.4) is 0 Å². The molecule has 0 aliphatic carbocycles. The zero-order chi connectivity index (χ0) is 24.4. The SMILES string of the molecule is CO[C@]1(C)O[C@@H]2[C@@H](O[C@@]1(C)OC)[C@H](Sc1ccc(C)cc1)O[C@H](COC(C)=O)[C@H]2OC(C)=O. The normalized spacial score (nSPS) is 36.0. The minimum atomic E-state index is -1.32. The molecule has 33 heavy (non-hydrogen) atoms. The lowest BCUT2D eigenvalue weighted by molar-refractivity contribution is -0.467. The van der Waals surface area contributed by atoms with Gasteiger partial charge in [-0.15, -0.1) is 0 Å². The van der Waals surface area contributed by atoms with E-state index in [0.29, 0.717) is 0 Å². The molecular formula is C23H32O9S. The lowest BCUT2D eigenvalue weighted by atomic mass is 9.95. The summed E-state index contributed by atoms with van der Waals surface area (Å²) in [6, 6.07) is 7.96. The largest absolute Gasteiger partial charge is 0.463 e. The van der Waals surface area contributed by atoms with Gasteiger partial charge in [0.05, 0.1) is 0 Å². The van der Waals surface area contributed by atoms with Crippen molar-refractivity contribution in [2.24, 2.45) is 0 Å². The zero-order valence-electron chi connectivity index (χ0n) is 20.0. The van der Waals surface area contributed by atoms with Gasteiger partial charge in [0.2, 0.25) is 11.6 Å². The zero-order valence-corrected chi connectivity index (χ0v) is 20.8. The Morgan fingerprint density at radius 3 is 2.06 bits per heavy atom. The van der Waals surface area contributed by atoms with Gasteiger partial charge in [-0.25, -0.2) is 0 Å². The lowest BCUT2D eigenvalue weighted by Crippen LogP contribution is -2.72. The molecule has 0 saturated carbocycles. The number of ether oxygens (including phenoxy) is 7. The molecule has 2 aliphatic heterocycles. The number of rotatable bonds is 7. The Balaban J connectivity index is 1.99. The van der Waals surface area contributed by atoms with Gasteiger partial charge in [-0.1, -0.05) is 29.5 Å². The molecule has 0 unspecified atom stereocenters. The van der Waals surface area contributed by atoms with E-state index in [2.05, 4.69) is 0 Å². The quantitative estimate of drug-likeness (QED) is 0.537. The summed E-state index contributed by atoms with van der Waals surface area (Å²) < 4.78 is 41.2. The maximum Gasteiger partial charge on any atom is 0.303 e. The van der Waals surface area contributed by atoms with Gasteiger partial charge < -0.3 is 33.2 Å². The Morgan fingerprint density at radius 2 is 1.55 bits per heavy atom. The molecule has 184 valence electrons. The fraction of sp³-hybridized carbons (Fsp3) is 0.652. The van der Waals surface area contributed by atoms with Crippen LogP contribution in [-0.4, -0.2) is 74.2 Å². The molecule has 0 N–H and O–H groups in total. The number of aryl methyl sites for hydroxylation is 1. The first-order chi connectivity index (χ1) is 15.5. The van der Waals surface area contributed by atoms with Gasteiger partial charge in [0.15, 0.2) is 6.10 Å². The smallest absolute Gasteiger partial charge is 0.303 e. The molecule has 1 aromatic rings. The highest BCUT2D eigenvalue weighted by Crippen LogP contribution is 2.47. The monoisotopic (exact) mass is 484 g/mol. The van der Waals surface area contributed by atoms with Gasteiger partial charge in [-0.05, 0) is 32.9 Å². The minimum Gasteiger partial charge on any atom is -0.463 e. The van der Waals surface area contributed by atoms with E-state index < -0.39 is 53.4 Å². The molecule has 0 radical (unpaired) electrons. The van der Waals surface area contributed by atoms with Crippen LogP contribution in [0.2, 0.25) is 0 Å². The average molecular weight is 485 g/mol. The number of esters is 2. The molecule has 10 heteroatoms. The van der Waals surface area contributed by atoms with E-state index in [4.69, 9.17) is 33.2 Å². The summed E-state index contributed by atoms with van der Waals surface area (Å²) in [6.07, 6.45) is -3.15. The van der Waals surface area contributed by atoms with Crippen molar-refractivity contribution < 1.29 is 42.7 Å². The second-order valence-corrected chi connectivity index (χ2v) is 9.49. The maximum atomic E-state index is 11.9. The standard InChI is InChI=1S/C23H32O9S/c1-13-8-10-16(11-9-13)33-21-20-19(31-22(4,26-6)23(5,27-7)32-20)18(29-15(3)25)17(30-21)12-28-14(2)24/h8-11,17-21H,12H2,1-7H3/t17-,18-,19+,20-,21+,22-,23-/m1/s1. The number of benzene rings is 1. The predicted octanol–water partition coefficient (Wildman–Crippen LogP) is 2.82. The van der Waals surface area contributed by atoms with E-state index in [1.165, 1.54) is 39.8 Å². The summed E-state index contributed by atoms with van der Waals surface area (Å²) in [5.41, 5.74) is 0.547. The van der Waals surface area contributed by atoms with Crippen molar-refractivity contribution in [1.29, 1.82) is 0 Å². The number of fused-ring (bicyclic) bond motifs is 1. The van der Waals surface area contributed by atoms with Gasteiger partial charge in [-0.3, -0.25) is 9.59 Å². The van der Waals surface area contributed by atoms with E-state index in [9.17, 15) is 9.59 Å². The summed E-state index contributed by atoms with van der Waals surface area (Å²) in [5, 5.41) is 0. The number of hydrogen-bond acceptors (Lipinski definition) is 10. The fourth-order valence-corrected chi connectivity index (χ4v) is 4.96. The summed E-state index contributed by atoms with van der Waals surface area (Å²) in [4.78, 5) is 24.4. The van der Waals surface area contributed by atoms with Gasteiger partial charge >= 0.3 is 11.9 Å². The van der Waals surface area contributed by atoms with Crippen LogP contribution < -0.4 is 0 Å². The van der Waals surface area contributed by atoms with Crippen LogP contribution in [0.1, 0.15) is 33.3 Å². The third kappa shape index (κ3) is 5.52. The van der Waals surface area contributed by atoms with Crippen molar-refractivity contribution >= 4 is 23.7 Å². The Labute approximate surface area is 198 Å². The van der Waals surface area contributed by atoms with Crippen LogP contribution >= 0.6 is 11.8 Å². The topological polar surface area (TPSA) is 98.8 Å². The summed E-state index contributed by atoms with van der Waals surface area (Å²) >= 11 is 1.43. The molecular weight excluding hydrogens is 452 g/mol. The van der Waals surface area contributed by atoms with E-state index in [1.807, 2.05) is 31.2 Å². The van der Waals surface area contributed by atoms with Crippen LogP contribution in [0.4, 0.5) is 0 Å². The van der Waals surface area contributed by atoms with Crippen molar-refractivity contribution in [3.63, 3.8) is 0 Å². The third-order valence-corrected chi connectivity index (χ3v) is 7.10. The van der Waals surface area contributed by atoms with E-state index in [-0.39, 0.29) is 6.61 Å². The van der Waals surface area contributed by atoms with Crippen molar-refractivity contribution in [2.75, 3.05) is 20.8 Å². The first kappa shape index (κ1) is 25.9. The number of carbonyl (C=O) groups is 2. The first-order valence-electron chi connectivity index (χ1n) is 10.7. The lowest BCUT2D eigenvalue weighted by Gasteiger charge is -2.56. The number of methoxy groups -OCH3 is 2. The summed E-state index contributed by atoms with van der Waals surface area (Å²) in [6.45, 7) is 7.90. The maximum absolute atomic E-state index is 11.9. The van der Waals surface area contributed by atoms with E-state index in [1.54, 1.807) is 13.8 Å². The molecule has 0 bridgehead atoms. The second-order valence-electron chi connectivity index (χ2n) is 8.32. The predicted molar refractivity (Wildman–Crippen MR) is 118 cm³/mol. The van der Waals surface area contributed by atoms with Crippen molar-refractivity contribution in [2.45, 2.75) is 80.9 Å². The molecule has 7 atom stereocenters. The Bertz CT molecular complexity index is 847. The van der Waals surface area contributed by atoms with Gasteiger partial charge in [-0.2, -0.15) is 0 Å². The summed E-state index contributed by atoms with van der Waals surface area (Å²) in [5.74, 6) is -3.59. The average Bonchev–Trinajstić information content (AvgIpc) is 2.76. The first-order valence-corrected chi connectivity index (χ1v) is 11.5. The Hall–Kier alpha value is -1.69. The molecule has 2 saturated heterocycles. The fourth-order valence-electron chi connectivity index (χ4n) is 3.85. The molecule has 0 spiro atoms. The van der Waals surface area contributed by atoms with Crippen molar-refractivity contribution in [3.05, 3.63) is 29.8 Å². The van der Waals surface area contributed by atoms with Crippen LogP contribution in [0.5, 0.6) is 0 Å². The van der Waals surface area contributed by atoms with Crippen LogP contribution in [0.25, 0.3) is 0 Å². The molecule has 2 fully saturated rings. The van der Waals surface area contributed by atoms with Crippen LogP contribution in [0, 0.1) is 6.92 Å². The van der Waals surface area contributed by atoms with Gasteiger partial charge in [0.25, 0.3) is 0 Å². The molecule has 0 aromatic heterocycles. The second kappa shape index (κ2) is 10.3. The van der Waals surface area contributed by atoms with Gasteiger partial charge in [0.1, 0.15) is 30.4 Å². The Morgan fingerprint density at radius 1 is 0.970 bits per heavy atom. The van der Waals surface area contributed by atoms with Crippen LogP contribution in [0.15, 0.2) is 29.2 Å². The minimum absolute atomic E-state index is 0.115. The van der Waals surface area contributed by atoms with Gasteiger partial charge in [0, 0.05) is 33.0 Å². The number of thioether (sulfide) groups is 1. The van der Waals surface area contributed by atoms with Crippen molar-refractivity contribution in [3.8, 4) is 0 Å². The molecule has 1 aromatic carbocycles. The molecule has 3 rings (SSSR count).